The van der Waals surface area contributed by atoms with Crippen molar-refractivity contribution >= 4 is 39.2 Å². The van der Waals surface area contributed by atoms with Gasteiger partial charge in [0.25, 0.3) is 5.56 Å². The highest BCUT2D eigenvalue weighted by Gasteiger charge is 2.31. The average Bonchev–Trinajstić information content (AvgIpc) is 3.48. The van der Waals surface area contributed by atoms with E-state index in [1.807, 2.05) is 38.1 Å². The lowest BCUT2D eigenvalue weighted by Gasteiger charge is -2.29. The van der Waals surface area contributed by atoms with Crippen molar-refractivity contribution in [3.63, 3.8) is 0 Å². The van der Waals surface area contributed by atoms with E-state index in [4.69, 9.17) is 14.1 Å². The summed E-state index contributed by atoms with van der Waals surface area (Å²) in [4.78, 5) is 32.9. The van der Waals surface area contributed by atoms with Gasteiger partial charge in [-0.1, -0.05) is 42.1 Å². The predicted molar refractivity (Wildman–Crippen MR) is 138 cm³/mol. The zero-order valence-corrected chi connectivity index (χ0v) is 21.3. The van der Waals surface area contributed by atoms with Gasteiger partial charge in [0.05, 0.1) is 36.2 Å². The number of nitrogens with one attached hydrogen (secondary N) is 1. The summed E-state index contributed by atoms with van der Waals surface area (Å²) < 4.78 is 13.0. The number of hydrogen-bond donors (Lipinski definition) is 1. The Hall–Kier alpha value is -2.88. The van der Waals surface area contributed by atoms with Gasteiger partial charge in [-0.05, 0) is 43.5 Å². The van der Waals surface area contributed by atoms with E-state index in [-0.39, 0.29) is 22.8 Å². The van der Waals surface area contributed by atoms with Crippen LogP contribution in [0, 0.1) is 0 Å². The van der Waals surface area contributed by atoms with Gasteiger partial charge in [0, 0.05) is 17.8 Å². The van der Waals surface area contributed by atoms with Gasteiger partial charge in [-0.15, -0.1) is 11.3 Å². The van der Waals surface area contributed by atoms with Crippen molar-refractivity contribution in [1.82, 2.24) is 14.9 Å². The molecule has 0 bridgehead atoms. The number of thiophene rings is 1. The van der Waals surface area contributed by atoms with Crippen LogP contribution in [0.2, 0.25) is 0 Å². The molecule has 1 amide bonds. The third-order valence-electron chi connectivity index (χ3n) is 5.99. The summed E-state index contributed by atoms with van der Waals surface area (Å²) in [5.41, 5.74) is 1.84. The van der Waals surface area contributed by atoms with Gasteiger partial charge in [0.2, 0.25) is 5.91 Å². The fourth-order valence-corrected chi connectivity index (χ4v) is 6.18. The first kappa shape index (κ1) is 23.8. The van der Waals surface area contributed by atoms with Crippen molar-refractivity contribution in [2.45, 2.75) is 57.1 Å². The van der Waals surface area contributed by atoms with Crippen molar-refractivity contribution in [3.8, 4) is 0 Å². The number of carbonyl (C=O) groups excluding carboxylic acids is 1. The summed E-state index contributed by atoms with van der Waals surface area (Å²) in [7, 11) is 0. The third kappa shape index (κ3) is 5.37. The number of hydrogen-bond acceptors (Lipinski definition) is 7. The Morgan fingerprint density at radius 2 is 2.06 bits per heavy atom. The quantitative estimate of drug-likeness (QED) is 0.277. The molecule has 0 saturated carbocycles. The summed E-state index contributed by atoms with van der Waals surface area (Å²) in [5.74, 6) is 0.707. The number of carbonyl (C=O) groups is 1. The molecule has 0 radical (unpaired) electrons. The molecule has 3 aromatic heterocycles. The van der Waals surface area contributed by atoms with E-state index in [0.717, 1.165) is 20.8 Å². The summed E-state index contributed by atoms with van der Waals surface area (Å²) in [6.07, 6.45) is 2.96. The summed E-state index contributed by atoms with van der Waals surface area (Å²) >= 11 is 2.81. The zero-order chi connectivity index (χ0) is 24.4. The topological polar surface area (TPSA) is 86.4 Å². The second-order valence-corrected chi connectivity index (χ2v) is 11.2. The first-order valence-corrected chi connectivity index (χ1v) is 13.3. The van der Waals surface area contributed by atoms with Crippen LogP contribution in [0.15, 0.2) is 63.1 Å². The fourth-order valence-electron chi connectivity index (χ4n) is 4.18. The summed E-state index contributed by atoms with van der Waals surface area (Å²) in [5, 5.41) is 4.11. The van der Waals surface area contributed by atoms with Crippen molar-refractivity contribution < 1.29 is 13.9 Å². The summed E-state index contributed by atoms with van der Waals surface area (Å²) in [6.45, 7) is 5.41. The lowest BCUT2D eigenvalue weighted by molar-refractivity contribution is -0.118. The Kier molecular flexibility index (Phi) is 6.82. The smallest absolute Gasteiger partial charge is 0.263 e. The van der Waals surface area contributed by atoms with Crippen LogP contribution in [-0.2, 0) is 42.1 Å². The molecule has 1 aromatic carbocycles. The van der Waals surface area contributed by atoms with E-state index < -0.39 is 0 Å². The van der Waals surface area contributed by atoms with Crippen molar-refractivity contribution in [2.24, 2.45) is 0 Å². The van der Waals surface area contributed by atoms with Crippen LogP contribution >= 0.6 is 23.1 Å². The molecule has 4 aromatic rings. The molecular formula is C26H27N3O4S2. The van der Waals surface area contributed by atoms with E-state index in [0.29, 0.717) is 48.8 Å². The second kappa shape index (κ2) is 10.0. The van der Waals surface area contributed by atoms with Gasteiger partial charge in [0.1, 0.15) is 10.6 Å². The molecule has 5 rings (SSSR count). The zero-order valence-electron chi connectivity index (χ0n) is 19.7. The maximum Gasteiger partial charge on any atom is 0.263 e. The molecule has 1 aliphatic heterocycles. The maximum absolute atomic E-state index is 13.8. The number of aromatic nitrogens is 2. The molecule has 1 N–H and O–H groups in total. The number of furan rings is 1. The molecule has 9 heteroatoms. The Balaban J connectivity index is 1.43. The van der Waals surface area contributed by atoms with Crippen LogP contribution in [-0.4, -0.2) is 26.8 Å². The Bertz CT molecular complexity index is 1390. The molecule has 0 atom stereocenters. The molecule has 0 spiro atoms. The predicted octanol–water partition coefficient (Wildman–Crippen LogP) is 4.55. The Labute approximate surface area is 211 Å². The van der Waals surface area contributed by atoms with E-state index in [2.05, 4.69) is 17.4 Å². The first-order valence-electron chi connectivity index (χ1n) is 11.5. The van der Waals surface area contributed by atoms with Gasteiger partial charge in [-0.3, -0.25) is 14.2 Å². The maximum atomic E-state index is 13.8. The molecule has 0 fully saturated rings. The second-order valence-electron chi connectivity index (χ2n) is 9.14. The minimum absolute atomic E-state index is 0.0420. The Morgan fingerprint density at radius 3 is 2.83 bits per heavy atom. The number of rotatable bonds is 8. The molecule has 0 aliphatic carbocycles. The molecular weight excluding hydrogens is 482 g/mol. The SMILES string of the molecule is CC1(C)Cc2c(sc3nc(SCC(=O)NCc4ccco4)n(CCc4ccccc4)c(=O)c23)CO1. The van der Waals surface area contributed by atoms with Gasteiger partial charge >= 0.3 is 0 Å². The minimum Gasteiger partial charge on any atom is -0.467 e. The molecule has 1 aliphatic rings. The standard InChI is InChI=1S/C26H27N3O4S2/c1-26(2)13-19-20(15-33-26)35-23-22(19)24(31)29(11-10-17-7-4-3-5-8-17)25(28-23)34-16-21(30)27-14-18-9-6-12-32-18/h3-9,12H,10-11,13-16H2,1-2H3,(H,27,30). The number of benzene rings is 1. The van der Waals surface area contributed by atoms with Crippen LogP contribution in [0.4, 0.5) is 0 Å². The lowest BCUT2D eigenvalue weighted by atomic mass is 9.94. The van der Waals surface area contributed by atoms with Gasteiger partial charge in [0.15, 0.2) is 5.16 Å². The lowest BCUT2D eigenvalue weighted by Crippen LogP contribution is -2.32. The van der Waals surface area contributed by atoms with Gasteiger partial charge in [-0.2, -0.15) is 0 Å². The molecule has 4 heterocycles. The molecule has 0 unspecified atom stereocenters. The van der Waals surface area contributed by atoms with Crippen LogP contribution in [0.3, 0.4) is 0 Å². The highest BCUT2D eigenvalue weighted by molar-refractivity contribution is 7.99. The fraction of sp³-hybridized carbons (Fsp3) is 0.346. The number of aryl methyl sites for hydroxylation is 1. The van der Waals surface area contributed by atoms with E-state index >= 15 is 0 Å². The highest BCUT2D eigenvalue weighted by atomic mass is 32.2. The number of nitrogens with zero attached hydrogens (tertiary/aromatic N) is 2. The number of thioether (sulfide) groups is 1. The molecule has 7 nitrogen and oxygen atoms in total. The normalized spacial score (nSPS) is 14.7. The van der Waals surface area contributed by atoms with Gasteiger partial charge < -0.3 is 14.5 Å². The number of ether oxygens (including phenoxy) is 1. The first-order chi connectivity index (χ1) is 16.9. The number of amides is 1. The van der Waals surface area contributed by atoms with Crippen LogP contribution < -0.4 is 10.9 Å². The van der Waals surface area contributed by atoms with Crippen LogP contribution in [0.5, 0.6) is 0 Å². The number of fused-ring (bicyclic) bond motifs is 3. The van der Waals surface area contributed by atoms with Crippen LogP contribution in [0.1, 0.15) is 35.6 Å². The van der Waals surface area contributed by atoms with E-state index in [1.54, 1.807) is 16.9 Å². The van der Waals surface area contributed by atoms with Crippen molar-refractivity contribution in [2.75, 3.05) is 5.75 Å². The molecule has 35 heavy (non-hydrogen) atoms. The largest absolute Gasteiger partial charge is 0.467 e. The third-order valence-corrected chi connectivity index (χ3v) is 8.07. The summed E-state index contributed by atoms with van der Waals surface area (Å²) in [6, 6.07) is 13.7. The van der Waals surface area contributed by atoms with Crippen molar-refractivity contribution in [3.05, 3.63) is 80.8 Å². The molecule has 182 valence electrons. The van der Waals surface area contributed by atoms with E-state index in [1.165, 1.54) is 23.1 Å². The van der Waals surface area contributed by atoms with Crippen LogP contribution in [0.25, 0.3) is 10.2 Å². The highest BCUT2D eigenvalue weighted by Crippen LogP contribution is 2.37. The van der Waals surface area contributed by atoms with E-state index in [9.17, 15) is 9.59 Å². The van der Waals surface area contributed by atoms with Crippen molar-refractivity contribution in [1.29, 1.82) is 0 Å². The average molecular weight is 510 g/mol. The Morgan fingerprint density at radius 1 is 1.23 bits per heavy atom. The van der Waals surface area contributed by atoms with Gasteiger partial charge in [-0.25, -0.2) is 4.98 Å². The molecule has 0 saturated heterocycles. The minimum atomic E-state index is -0.318. The monoisotopic (exact) mass is 509 g/mol.